The van der Waals surface area contributed by atoms with E-state index in [0.29, 0.717) is 0 Å². The number of anilines is 1. The van der Waals surface area contributed by atoms with Gasteiger partial charge in [-0.15, -0.1) is 0 Å². The average Bonchev–Trinajstić information content (AvgIpc) is 2.82. The molecule has 0 saturated carbocycles. The number of halogens is 1. The predicted molar refractivity (Wildman–Crippen MR) is 81.0 cm³/mol. The van der Waals surface area contributed by atoms with Crippen molar-refractivity contribution in [1.29, 1.82) is 0 Å². The molecule has 1 aliphatic heterocycles. The third-order valence-corrected chi connectivity index (χ3v) is 3.87. The van der Waals surface area contributed by atoms with Gasteiger partial charge in [0.25, 0.3) is 5.91 Å². The van der Waals surface area contributed by atoms with Crippen LogP contribution in [0.25, 0.3) is 0 Å². The molecule has 18 heavy (non-hydrogen) atoms. The third kappa shape index (κ3) is 2.03. The minimum Gasteiger partial charge on any atom is -0.308 e. The largest absolute Gasteiger partial charge is 0.308 e. The Kier molecular flexibility index (Phi) is 3.07. The number of carbonyl (C=O) groups is 1. The minimum absolute atomic E-state index is 0.0958. The van der Waals surface area contributed by atoms with Gasteiger partial charge < -0.3 is 4.90 Å². The van der Waals surface area contributed by atoms with E-state index in [2.05, 4.69) is 28.7 Å². The lowest BCUT2D eigenvalue weighted by Gasteiger charge is -2.17. The maximum Gasteiger partial charge on any atom is 0.258 e. The molecule has 0 atom stereocenters. The van der Waals surface area contributed by atoms with Crippen LogP contribution in [0.4, 0.5) is 5.69 Å². The lowest BCUT2D eigenvalue weighted by molar-refractivity contribution is 0.0989. The third-order valence-electron chi connectivity index (χ3n) is 3.20. The molecule has 0 radical (unpaired) electrons. The topological polar surface area (TPSA) is 20.3 Å². The molecule has 2 aromatic rings. The van der Waals surface area contributed by atoms with Crippen molar-refractivity contribution in [3.63, 3.8) is 0 Å². The van der Waals surface area contributed by atoms with Gasteiger partial charge in [-0.25, -0.2) is 0 Å². The van der Waals surface area contributed by atoms with Crippen LogP contribution in [-0.4, -0.2) is 12.5 Å². The first-order chi connectivity index (χ1) is 8.75. The van der Waals surface area contributed by atoms with Crippen molar-refractivity contribution in [1.82, 2.24) is 0 Å². The number of benzene rings is 2. The van der Waals surface area contributed by atoms with Crippen molar-refractivity contribution in [3.8, 4) is 0 Å². The second-order valence-corrected chi connectivity index (χ2v) is 5.59. The summed E-state index contributed by atoms with van der Waals surface area (Å²) in [6.45, 7) is 0.781. The molecule has 0 bridgehead atoms. The van der Waals surface area contributed by atoms with Crippen molar-refractivity contribution in [2.24, 2.45) is 0 Å². The van der Waals surface area contributed by atoms with Crippen LogP contribution in [0.5, 0.6) is 0 Å². The molecular weight excluding hydrogens is 337 g/mol. The Labute approximate surface area is 120 Å². The fourth-order valence-electron chi connectivity index (χ4n) is 2.33. The summed E-state index contributed by atoms with van der Waals surface area (Å²) in [5, 5.41) is 0. The maximum atomic E-state index is 12.5. The van der Waals surface area contributed by atoms with Gasteiger partial charge in [0.15, 0.2) is 0 Å². The Hall–Kier alpha value is -1.36. The smallest absolute Gasteiger partial charge is 0.258 e. The first kappa shape index (κ1) is 11.7. The number of carbonyl (C=O) groups excluding carboxylic acids is 1. The molecule has 0 unspecified atom stereocenters. The number of hydrogen-bond donors (Lipinski definition) is 0. The zero-order valence-electron chi connectivity index (χ0n) is 9.77. The molecule has 0 spiro atoms. The van der Waals surface area contributed by atoms with E-state index in [1.165, 1.54) is 5.56 Å². The van der Waals surface area contributed by atoms with Crippen LogP contribution in [0.1, 0.15) is 15.9 Å². The molecule has 90 valence electrons. The summed E-state index contributed by atoms with van der Waals surface area (Å²) in [6, 6.07) is 15.9. The lowest BCUT2D eigenvalue weighted by Crippen LogP contribution is -2.28. The molecule has 2 aromatic carbocycles. The summed E-state index contributed by atoms with van der Waals surface area (Å²) >= 11 is 2.23. The van der Waals surface area contributed by atoms with Crippen molar-refractivity contribution < 1.29 is 4.79 Å². The van der Waals surface area contributed by atoms with Gasteiger partial charge in [0.05, 0.1) is 0 Å². The molecule has 0 aliphatic carbocycles. The van der Waals surface area contributed by atoms with Gasteiger partial charge in [0.1, 0.15) is 0 Å². The highest BCUT2D eigenvalue weighted by atomic mass is 127. The Bertz CT molecular complexity index is 609. The zero-order valence-corrected chi connectivity index (χ0v) is 11.9. The Morgan fingerprint density at radius 1 is 1.11 bits per heavy atom. The summed E-state index contributed by atoms with van der Waals surface area (Å²) in [6.07, 6.45) is 0.950. The maximum absolute atomic E-state index is 12.5. The van der Waals surface area contributed by atoms with Gasteiger partial charge in [0, 0.05) is 21.4 Å². The summed E-state index contributed by atoms with van der Waals surface area (Å²) in [5.41, 5.74) is 3.08. The van der Waals surface area contributed by atoms with E-state index in [-0.39, 0.29) is 5.91 Å². The SMILES string of the molecule is O=C(c1cccc(I)c1)N1CCc2ccccc21. The summed E-state index contributed by atoms with van der Waals surface area (Å²) in [4.78, 5) is 14.4. The number of para-hydroxylation sites is 1. The highest BCUT2D eigenvalue weighted by Crippen LogP contribution is 2.28. The molecule has 3 heteroatoms. The van der Waals surface area contributed by atoms with Crippen LogP contribution in [-0.2, 0) is 6.42 Å². The van der Waals surface area contributed by atoms with Crippen LogP contribution < -0.4 is 4.90 Å². The second-order valence-electron chi connectivity index (χ2n) is 4.35. The molecule has 1 aliphatic rings. The highest BCUT2D eigenvalue weighted by Gasteiger charge is 2.24. The van der Waals surface area contributed by atoms with Gasteiger partial charge >= 0.3 is 0 Å². The molecule has 1 amide bonds. The molecule has 0 N–H and O–H groups in total. The number of fused-ring (bicyclic) bond motifs is 1. The van der Waals surface area contributed by atoms with Gasteiger partial charge in [-0.2, -0.15) is 0 Å². The number of nitrogens with zero attached hydrogens (tertiary/aromatic N) is 1. The van der Waals surface area contributed by atoms with E-state index in [0.717, 1.165) is 27.8 Å². The Morgan fingerprint density at radius 3 is 2.78 bits per heavy atom. The summed E-state index contributed by atoms with van der Waals surface area (Å²) < 4.78 is 1.09. The van der Waals surface area contributed by atoms with Gasteiger partial charge in [-0.1, -0.05) is 24.3 Å². The summed E-state index contributed by atoms with van der Waals surface area (Å²) in [5.74, 6) is 0.0958. The fraction of sp³-hybridized carbons (Fsp3) is 0.133. The standard InChI is InChI=1S/C15H12INO/c16-13-6-3-5-12(10-13)15(18)17-9-8-11-4-1-2-7-14(11)17/h1-7,10H,8-9H2. The zero-order chi connectivity index (χ0) is 12.5. The second kappa shape index (κ2) is 4.72. The number of amides is 1. The van der Waals surface area contributed by atoms with E-state index in [1.807, 2.05) is 47.4 Å². The molecule has 3 rings (SSSR count). The lowest BCUT2D eigenvalue weighted by atomic mass is 10.1. The van der Waals surface area contributed by atoms with E-state index < -0.39 is 0 Å². The number of rotatable bonds is 1. The summed E-state index contributed by atoms with van der Waals surface area (Å²) in [7, 11) is 0. The van der Waals surface area contributed by atoms with Crippen molar-refractivity contribution in [2.75, 3.05) is 11.4 Å². The van der Waals surface area contributed by atoms with Gasteiger partial charge in [-0.05, 0) is 58.8 Å². The van der Waals surface area contributed by atoms with Crippen LogP contribution in [0.3, 0.4) is 0 Å². The van der Waals surface area contributed by atoms with Crippen LogP contribution in [0.15, 0.2) is 48.5 Å². The first-order valence-electron chi connectivity index (χ1n) is 5.91. The average molecular weight is 349 g/mol. The van der Waals surface area contributed by atoms with Crippen molar-refractivity contribution in [2.45, 2.75) is 6.42 Å². The number of hydrogen-bond acceptors (Lipinski definition) is 1. The predicted octanol–water partition coefficient (Wildman–Crippen LogP) is 3.49. The Balaban J connectivity index is 1.96. The van der Waals surface area contributed by atoms with Gasteiger partial charge in [-0.3, -0.25) is 4.79 Å². The Morgan fingerprint density at radius 2 is 1.94 bits per heavy atom. The molecule has 0 fully saturated rings. The van der Waals surface area contributed by atoms with E-state index in [4.69, 9.17) is 0 Å². The van der Waals surface area contributed by atoms with Crippen molar-refractivity contribution in [3.05, 3.63) is 63.2 Å². The normalized spacial score (nSPS) is 13.5. The molecule has 0 saturated heterocycles. The molecular formula is C15H12INO. The van der Waals surface area contributed by atoms with Crippen LogP contribution >= 0.6 is 22.6 Å². The van der Waals surface area contributed by atoms with E-state index in [9.17, 15) is 4.79 Å². The van der Waals surface area contributed by atoms with Crippen LogP contribution in [0, 0.1) is 3.57 Å². The monoisotopic (exact) mass is 349 g/mol. The first-order valence-corrected chi connectivity index (χ1v) is 6.99. The highest BCUT2D eigenvalue weighted by molar-refractivity contribution is 14.1. The van der Waals surface area contributed by atoms with Crippen molar-refractivity contribution >= 4 is 34.2 Å². The molecule has 0 aromatic heterocycles. The van der Waals surface area contributed by atoms with Gasteiger partial charge in [0.2, 0.25) is 0 Å². The van der Waals surface area contributed by atoms with E-state index in [1.54, 1.807) is 0 Å². The minimum atomic E-state index is 0.0958. The van der Waals surface area contributed by atoms with E-state index >= 15 is 0 Å². The molecule has 2 nitrogen and oxygen atoms in total. The quantitative estimate of drug-likeness (QED) is 0.722. The molecule has 1 heterocycles. The fourth-order valence-corrected chi connectivity index (χ4v) is 2.87. The van der Waals surface area contributed by atoms with Crippen LogP contribution in [0.2, 0.25) is 0 Å².